The van der Waals surface area contributed by atoms with Crippen LogP contribution in [0.1, 0.15) is 19.3 Å². The van der Waals surface area contributed by atoms with Gasteiger partial charge in [0.25, 0.3) is 0 Å². The van der Waals surface area contributed by atoms with Crippen molar-refractivity contribution < 1.29 is 0 Å². The quantitative estimate of drug-likeness (QED) is 0.845. The van der Waals surface area contributed by atoms with E-state index in [1.165, 1.54) is 25.6 Å². The normalized spacial score (nSPS) is 24.6. The van der Waals surface area contributed by atoms with Gasteiger partial charge >= 0.3 is 0 Å². The Kier molecular flexibility index (Phi) is 4.24. The largest absolute Gasteiger partial charge is 0.368 e. The van der Waals surface area contributed by atoms with Crippen molar-refractivity contribution in [1.82, 2.24) is 9.97 Å². The van der Waals surface area contributed by atoms with Crippen LogP contribution in [0, 0.1) is 11.8 Å². The summed E-state index contributed by atoms with van der Waals surface area (Å²) in [6.07, 6.45) is 6.87. The second-order valence-electron chi connectivity index (χ2n) is 4.21. The second-order valence-corrected chi connectivity index (χ2v) is 4.92. The third-order valence-corrected chi connectivity index (χ3v) is 3.89. The molecule has 1 aromatic heterocycles. The van der Waals surface area contributed by atoms with E-state index in [-0.39, 0.29) is 0 Å². The highest BCUT2D eigenvalue weighted by molar-refractivity contribution is 6.32. The molecule has 2 atom stereocenters. The van der Waals surface area contributed by atoms with Crippen LogP contribution in [0.4, 0.5) is 5.82 Å². The second kappa shape index (κ2) is 5.69. The van der Waals surface area contributed by atoms with Gasteiger partial charge in [0.05, 0.1) is 6.20 Å². The highest BCUT2D eigenvalue weighted by Crippen LogP contribution is 2.32. The molecule has 2 rings (SSSR count). The number of hydrogen-bond acceptors (Lipinski definition) is 3. The van der Waals surface area contributed by atoms with Crippen molar-refractivity contribution in [2.75, 3.05) is 17.7 Å². The van der Waals surface area contributed by atoms with Crippen LogP contribution in [0.5, 0.6) is 0 Å². The lowest BCUT2D eigenvalue weighted by Gasteiger charge is -2.18. The average Bonchev–Trinajstić information content (AvgIpc) is 2.75. The highest BCUT2D eigenvalue weighted by atomic mass is 35.5. The van der Waals surface area contributed by atoms with Gasteiger partial charge in [0, 0.05) is 12.4 Å². The molecular formula is C11H15Cl2N3. The summed E-state index contributed by atoms with van der Waals surface area (Å²) in [4.78, 5) is 7.95. The van der Waals surface area contributed by atoms with Crippen molar-refractivity contribution in [3.63, 3.8) is 0 Å². The van der Waals surface area contributed by atoms with Crippen molar-refractivity contribution >= 4 is 29.0 Å². The fourth-order valence-corrected chi connectivity index (χ4v) is 2.83. The minimum atomic E-state index is 0.572. The summed E-state index contributed by atoms with van der Waals surface area (Å²) >= 11 is 11.9. The summed E-state index contributed by atoms with van der Waals surface area (Å²) in [5, 5.41) is 3.85. The summed E-state index contributed by atoms with van der Waals surface area (Å²) in [5.74, 6) is 2.75. The maximum atomic E-state index is 5.97. The van der Waals surface area contributed by atoms with Gasteiger partial charge < -0.3 is 5.32 Å². The summed E-state index contributed by atoms with van der Waals surface area (Å²) < 4.78 is 0. The number of nitrogens with one attached hydrogen (secondary N) is 1. The summed E-state index contributed by atoms with van der Waals surface area (Å²) in [6, 6.07) is 0. The predicted molar refractivity (Wildman–Crippen MR) is 67.1 cm³/mol. The van der Waals surface area contributed by atoms with Crippen LogP contribution >= 0.6 is 23.2 Å². The summed E-state index contributed by atoms with van der Waals surface area (Å²) in [6.45, 7) is 0.897. The van der Waals surface area contributed by atoms with Crippen LogP contribution in [0.3, 0.4) is 0 Å². The van der Waals surface area contributed by atoms with Crippen LogP contribution in [0.2, 0.25) is 5.02 Å². The molecule has 1 aliphatic rings. The van der Waals surface area contributed by atoms with Crippen LogP contribution in [-0.2, 0) is 0 Å². The number of hydrogen-bond donors (Lipinski definition) is 1. The van der Waals surface area contributed by atoms with E-state index in [2.05, 4.69) is 15.3 Å². The molecule has 0 spiro atoms. The van der Waals surface area contributed by atoms with Crippen LogP contribution in [0.15, 0.2) is 12.5 Å². The van der Waals surface area contributed by atoms with Crippen LogP contribution in [-0.4, -0.2) is 22.4 Å². The Hall–Kier alpha value is -0.540. The van der Waals surface area contributed by atoms with Crippen LogP contribution in [0.25, 0.3) is 0 Å². The van der Waals surface area contributed by atoms with Crippen molar-refractivity contribution in [1.29, 1.82) is 0 Å². The van der Waals surface area contributed by atoms with E-state index >= 15 is 0 Å². The molecule has 0 bridgehead atoms. The molecule has 5 heteroatoms. The van der Waals surface area contributed by atoms with E-state index in [0.29, 0.717) is 16.9 Å². The third-order valence-electron chi connectivity index (χ3n) is 3.21. The van der Waals surface area contributed by atoms with Crippen molar-refractivity contribution in [3.05, 3.63) is 17.5 Å². The van der Waals surface area contributed by atoms with E-state index in [1.807, 2.05) is 0 Å². The molecule has 1 saturated carbocycles. The Bertz CT molecular complexity index is 346. The Morgan fingerprint density at radius 1 is 1.38 bits per heavy atom. The minimum Gasteiger partial charge on any atom is -0.368 e. The van der Waals surface area contributed by atoms with E-state index in [9.17, 15) is 0 Å². The zero-order valence-corrected chi connectivity index (χ0v) is 10.5. The third kappa shape index (κ3) is 2.77. The monoisotopic (exact) mass is 259 g/mol. The Morgan fingerprint density at radius 2 is 2.19 bits per heavy atom. The van der Waals surface area contributed by atoms with Gasteiger partial charge in [-0.3, -0.25) is 0 Å². The summed E-state index contributed by atoms with van der Waals surface area (Å²) in [5.41, 5.74) is 0. The van der Waals surface area contributed by atoms with Gasteiger partial charge in [0.15, 0.2) is 0 Å². The maximum Gasteiger partial charge on any atom is 0.148 e. The molecule has 0 aromatic carbocycles. The predicted octanol–water partition coefficient (Wildman–Crippen LogP) is 3.20. The fraction of sp³-hybridized carbons (Fsp3) is 0.636. The lowest BCUT2D eigenvalue weighted by molar-refractivity contribution is 0.444. The number of halogens is 2. The molecular weight excluding hydrogens is 245 g/mol. The number of nitrogens with zero attached hydrogens (tertiary/aromatic N) is 2. The van der Waals surface area contributed by atoms with Crippen LogP contribution < -0.4 is 5.32 Å². The first-order chi connectivity index (χ1) is 7.81. The van der Waals surface area contributed by atoms with Gasteiger partial charge in [-0.1, -0.05) is 18.0 Å². The molecule has 3 nitrogen and oxygen atoms in total. The zero-order chi connectivity index (χ0) is 11.4. The van der Waals surface area contributed by atoms with Crippen molar-refractivity contribution in [2.24, 2.45) is 11.8 Å². The van der Waals surface area contributed by atoms with Gasteiger partial charge in [-0.05, 0) is 24.7 Å². The number of aromatic nitrogens is 2. The molecule has 16 heavy (non-hydrogen) atoms. The first kappa shape index (κ1) is 11.9. The van der Waals surface area contributed by atoms with Gasteiger partial charge in [-0.25, -0.2) is 9.97 Å². The number of alkyl halides is 1. The first-order valence-electron chi connectivity index (χ1n) is 5.56. The lowest BCUT2D eigenvalue weighted by Crippen LogP contribution is -2.20. The van der Waals surface area contributed by atoms with Crippen molar-refractivity contribution in [2.45, 2.75) is 19.3 Å². The van der Waals surface area contributed by atoms with E-state index in [1.54, 1.807) is 6.20 Å². The van der Waals surface area contributed by atoms with Gasteiger partial charge in [0.2, 0.25) is 0 Å². The Morgan fingerprint density at radius 3 is 2.94 bits per heavy atom. The maximum absolute atomic E-state index is 5.97. The molecule has 2 unspecified atom stereocenters. The molecule has 1 aliphatic carbocycles. The molecule has 0 aliphatic heterocycles. The minimum absolute atomic E-state index is 0.572. The molecule has 1 N–H and O–H groups in total. The standard InChI is InChI=1S/C11H15Cl2N3/c12-4-8-2-1-3-9(8)5-15-11-10(13)6-14-7-16-11/h6-9H,1-5H2,(H,14,15,16). The van der Waals surface area contributed by atoms with E-state index in [0.717, 1.165) is 18.2 Å². The SMILES string of the molecule is ClCC1CCCC1CNc1ncncc1Cl. The molecule has 1 aromatic rings. The summed E-state index contributed by atoms with van der Waals surface area (Å²) in [7, 11) is 0. The van der Waals surface area contributed by atoms with Gasteiger partial charge in [-0.2, -0.15) is 0 Å². The topological polar surface area (TPSA) is 37.8 Å². The molecule has 0 radical (unpaired) electrons. The van der Waals surface area contributed by atoms with E-state index < -0.39 is 0 Å². The van der Waals surface area contributed by atoms with Gasteiger partial charge in [-0.15, -0.1) is 11.6 Å². The molecule has 0 saturated heterocycles. The first-order valence-corrected chi connectivity index (χ1v) is 6.48. The number of anilines is 1. The molecule has 0 amide bonds. The lowest BCUT2D eigenvalue weighted by atomic mass is 9.98. The highest BCUT2D eigenvalue weighted by Gasteiger charge is 2.26. The Balaban J connectivity index is 1.90. The number of rotatable bonds is 4. The van der Waals surface area contributed by atoms with Gasteiger partial charge in [0.1, 0.15) is 17.2 Å². The van der Waals surface area contributed by atoms with E-state index in [4.69, 9.17) is 23.2 Å². The Labute approximate surface area is 106 Å². The molecule has 88 valence electrons. The smallest absolute Gasteiger partial charge is 0.148 e. The average molecular weight is 260 g/mol. The molecule has 1 fully saturated rings. The van der Waals surface area contributed by atoms with Crippen molar-refractivity contribution in [3.8, 4) is 0 Å². The fourth-order valence-electron chi connectivity index (χ4n) is 2.26. The molecule has 1 heterocycles. The zero-order valence-electron chi connectivity index (χ0n) is 9.00.